The minimum absolute atomic E-state index is 0.0468. The molecule has 100 valence electrons. The van der Waals surface area contributed by atoms with Gasteiger partial charge >= 0.3 is 0 Å². The molecule has 7 heteroatoms. The van der Waals surface area contributed by atoms with Crippen molar-refractivity contribution in [3.8, 4) is 0 Å². The first-order valence-electron chi connectivity index (χ1n) is 5.96. The van der Waals surface area contributed by atoms with Gasteiger partial charge in [0.15, 0.2) is 0 Å². The van der Waals surface area contributed by atoms with Crippen LogP contribution >= 0.6 is 0 Å². The second-order valence-corrected chi connectivity index (χ2v) is 4.55. The van der Waals surface area contributed by atoms with Crippen molar-refractivity contribution in [1.29, 1.82) is 0 Å². The smallest absolute Gasteiger partial charge is 0.239 e. The number of hydrazine groups is 1. The molecule has 0 aromatic carbocycles. The van der Waals surface area contributed by atoms with Crippen LogP contribution in [0.25, 0.3) is 0 Å². The molecule has 0 atom stereocenters. The zero-order valence-corrected chi connectivity index (χ0v) is 10.4. The maximum atomic E-state index is 9.62. The summed E-state index contributed by atoms with van der Waals surface area (Å²) in [5.41, 5.74) is 2.95. The van der Waals surface area contributed by atoms with Crippen LogP contribution in [-0.4, -0.2) is 40.4 Å². The molecule has 0 unspecified atom stereocenters. The average molecular weight is 253 g/mol. The quantitative estimate of drug-likeness (QED) is 0.443. The standard InChI is InChI=1S/C11H19N5O2/c1-8-6-13-10(16-12)14-9(8)15-11(7-17)2-4-18-5-3-11/h6,17H,2-5,7,12H2,1H3,(H2,13,14,15,16). The van der Waals surface area contributed by atoms with Crippen molar-refractivity contribution in [1.82, 2.24) is 9.97 Å². The maximum absolute atomic E-state index is 9.62. The number of hydrogen-bond acceptors (Lipinski definition) is 7. The Labute approximate surface area is 106 Å². The first kappa shape index (κ1) is 13.0. The van der Waals surface area contributed by atoms with Gasteiger partial charge in [-0.05, 0) is 19.8 Å². The molecule has 0 bridgehead atoms. The average Bonchev–Trinajstić information content (AvgIpc) is 2.42. The Morgan fingerprint density at radius 2 is 2.22 bits per heavy atom. The summed E-state index contributed by atoms with van der Waals surface area (Å²) in [6.45, 7) is 3.23. The van der Waals surface area contributed by atoms with Gasteiger partial charge in [-0.15, -0.1) is 0 Å². The molecule has 0 saturated carbocycles. The molecule has 5 N–H and O–H groups in total. The van der Waals surface area contributed by atoms with Gasteiger partial charge in [0.25, 0.3) is 0 Å². The highest BCUT2D eigenvalue weighted by molar-refractivity contribution is 5.48. The Bertz CT molecular complexity index is 406. The van der Waals surface area contributed by atoms with Crippen LogP contribution in [0.2, 0.25) is 0 Å². The summed E-state index contributed by atoms with van der Waals surface area (Å²) in [6.07, 6.45) is 3.19. The molecule has 1 aliphatic heterocycles. The number of aliphatic hydroxyl groups excluding tert-OH is 1. The van der Waals surface area contributed by atoms with E-state index in [0.717, 1.165) is 18.4 Å². The molecule has 0 amide bonds. The third-order valence-corrected chi connectivity index (χ3v) is 3.24. The Hall–Kier alpha value is -1.44. The van der Waals surface area contributed by atoms with Gasteiger partial charge in [0.05, 0.1) is 12.1 Å². The Balaban J connectivity index is 2.20. The van der Waals surface area contributed by atoms with Crippen molar-refractivity contribution >= 4 is 11.8 Å². The van der Waals surface area contributed by atoms with Crippen LogP contribution in [0, 0.1) is 6.92 Å². The third kappa shape index (κ3) is 2.69. The van der Waals surface area contributed by atoms with E-state index in [2.05, 4.69) is 20.7 Å². The number of rotatable bonds is 4. The Kier molecular flexibility index (Phi) is 3.95. The fraction of sp³-hybridized carbons (Fsp3) is 0.636. The summed E-state index contributed by atoms with van der Waals surface area (Å²) in [7, 11) is 0. The van der Waals surface area contributed by atoms with Gasteiger partial charge in [-0.3, -0.25) is 5.43 Å². The van der Waals surface area contributed by atoms with Gasteiger partial charge in [0.2, 0.25) is 5.95 Å². The molecule has 18 heavy (non-hydrogen) atoms. The van der Waals surface area contributed by atoms with Crippen LogP contribution in [0.5, 0.6) is 0 Å². The topological polar surface area (TPSA) is 105 Å². The Morgan fingerprint density at radius 3 is 2.83 bits per heavy atom. The second kappa shape index (κ2) is 5.47. The van der Waals surface area contributed by atoms with Crippen molar-refractivity contribution in [2.45, 2.75) is 25.3 Å². The van der Waals surface area contributed by atoms with Crippen molar-refractivity contribution < 1.29 is 9.84 Å². The largest absolute Gasteiger partial charge is 0.394 e. The molecule has 0 aliphatic carbocycles. The summed E-state index contributed by atoms with van der Waals surface area (Å²) in [5, 5.41) is 12.9. The van der Waals surface area contributed by atoms with E-state index in [1.165, 1.54) is 0 Å². The van der Waals surface area contributed by atoms with Gasteiger partial charge in [-0.25, -0.2) is 10.8 Å². The minimum Gasteiger partial charge on any atom is -0.394 e. The van der Waals surface area contributed by atoms with E-state index in [1.54, 1.807) is 6.20 Å². The van der Waals surface area contributed by atoms with Gasteiger partial charge in [-0.1, -0.05) is 0 Å². The predicted octanol–water partition coefficient (Wildman–Crippen LogP) is 0.0240. The molecular formula is C11H19N5O2. The molecule has 1 aliphatic rings. The van der Waals surface area contributed by atoms with Crippen molar-refractivity contribution in [2.75, 3.05) is 30.6 Å². The van der Waals surface area contributed by atoms with Crippen LogP contribution in [0.15, 0.2) is 6.20 Å². The summed E-state index contributed by atoms with van der Waals surface area (Å²) < 4.78 is 5.32. The number of nitrogen functional groups attached to an aromatic ring is 1. The lowest BCUT2D eigenvalue weighted by Gasteiger charge is -2.37. The summed E-state index contributed by atoms with van der Waals surface area (Å²) in [5.74, 6) is 6.33. The molecule has 1 aromatic rings. The maximum Gasteiger partial charge on any atom is 0.239 e. The van der Waals surface area contributed by atoms with Gasteiger partial charge < -0.3 is 15.2 Å². The van der Waals surface area contributed by atoms with Crippen LogP contribution in [0.4, 0.5) is 11.8 Å². The molecule has 0 spiro atoms. The monoisotopic (exact) mass is 253 g/mol. The summed E-state index contributed by atoms with van der Waals surface area (Å²) >= 11 is 0. The highest BCUT2D eigenvalue weighted by Crippen LogP contribution is 2.26. The van der Waals surface area contributed by atoms with Gasteiger partial charge in [-0.2, -0.15) is 4.98 Å². The lowest BCUT2D eigenvalue weighted by atomic mass is 9.91. The van der Waals surface area contributed by atoms with E-state index in [-0.39, 0.29) is 12.1 Å². The molecule has 2 rings (SSSR count). The summed E-state index contributed by atoms with van der Waals surface area (Å²) in [4.78, 5) is 8.29. The SMILES string of the molecule is Cc1cnc(NN)nc1NC1(CO)CCOCC1. The number of anilines is 2. The zero-order valence-electron chi connectivity index (χ0n) is 10.4. The molecule has 0 radical (unpaired) electrons. The molecular weight excluding hydrogens is 234 g/mol. The summed E-state index contributed by atoms with van der Waals surface area (Å²) in [6, 6.07) is 0. The van der Waals surface area contributed by atoms with Crippen LogP contribution in [0.3, 0.4) is 0 Å². The van der Waals surface area contributed by atoms with E-state index >= 15 is 0 Å². The van der Waals surface area contributed by atoms with E-state index < -0.39 is 0 Å². The van der Waals surface area contributed by atoms with Crippen molar-refractivity contribution in [3.05, 3.63) is 11.8 Å². The number of nitrogens with two attached hydrogens (primary N) is 1. The number of aryl methyl sites for hydroxylation is 1. The first-order chi connectivity index (χ1) is 8.69. The van der Waals surface area contributed by atoms with Crippen molar-refractivity contribution in [3.63, 3.8) is 0 Å². The molecule has 1 aromatic heterocycles. The fourth-order valence-corrected chi connectivity index (χ4v) is 1.97. The number of hydrogen-bond donors (Lipinski definition) is 4. The lowest BCUT2D eigenvalue weighted by molar-refractivity contribution is 0.0378. The number of aliphatic hydroxyl groups is 1. The number of ether oxygens (including phenoxy) is 1. The second-order valence-electron chi connectivity index (χ2n) is 4.55. The van der Waals surface area contributed by atoms with Crippen LogP contribution in [-0.2, 0) is 4.74 Å². The van der Waals surface area contributed by atoms with Gasteiger partial charge in [0.1, 0.15) is 5.82 Å². The highest BCUT2D eigenvalue weighted by atomic mass is 16.5. The van der Waals surface area contributed by atoms with Crippen LogP contribution < -0.4 is 16.6 Å². The van der Waals surface area contributed by atoms with Gasteiger partial charge in [0, 0.05) is 25.0 Å². The number of nitrogens with one attached hydrogen (secondary N) is 2. The predicted molar refractivity (Wildman–Crippen MR) is 68.1 cm³/mol. The number of nitrogens with zero attached hydrogens (tertiary/aromatic N) is 2. The molecule has 7 nitrogen and oxygen atoms in total. The minimum atomic E-state index is -0.372. The normalized spacial score (nSPS) is 18.4. The van der Waals surface area contributed by atoms with Crippen molar-refractivity contribution in [2.24, 2.45) is 5.84 Å². The van der Waals surface area contributed by atoms with E-state index in [9.17, 15) is 5.11 Å². The molecule has 2 heterocycles. The number of aromatic nitrogens is 2. The molecule has 1 fully saturated rings. The van der Waals surface area contributed by atoms with E-state index in [0.29, 0.717) is 25.0 Å². The van der Waals surface area contributed by atoms with E-state index in [1.807, 2.05) is 6.92 Å². The third-order valence-electron chi connectivity index (χ3n) is 3.24. The molecule has 1 saturated heterocycles. The van der Waals surface area contributed by atoms with Crippen LogP contribution in [0.1, 0.15) is 18.4 Å². The first-order valence-corrected chi connectivity index (χ1v) is 5.96. The zero-order chi connectivity index (χ0) is 13.0. The van der Waals surface area contributed by atoms with E-state index in [4.69, 9.17) is 10.6 Å². The lowest BCUT2D eigenvalue weighted by Crippen LogP contribution is -2.47. The Morgan fingerprint density at radius 1 is 1.50 bits per heavy atom. The fourth-order valence-electron chi connectivity index (χ4n) is 1.97. The highest BCUT2D eigenvalue weighted by Gasteiger charge is 2.32.